The zero-order valence-corrected chi connectivity index (χ0v) is 7.50. The van der Waals surface area contributed by atoms with Crippen LogP contribution in [0, 0.1) is 11.3 Å². The molecule has 0 atom stereocenters. The highest BCUT2D eigenvalue weighted by Gasteiger charge is 2.20. The quantitative estimate of drug-likeness (QED) is 0.692. The first-order valence-electron chi connectivity index (χ1n) is 3.98. The number of allylic oxidation sites excluding steroid dienone is 1. The van der Waals surface area contributed by atoms with E-state index in [1.54, 1.807) is 6.20 Å². The molecule has 0 saturated heterocycles. The molecule has 0 unspecified atom stereocenters. The molecule has 13 heavy (non-hydrogen) atoms. The largest absolute Gasteiger partial charge is 0.325 e. The zero-order chi connectivity index (χ0) is 9.84. The normalized spacial score (nSPS) is 16.3. The Hall–Kier alpha value is -1.76. The molecule has 4 nitrogen and oxygen atoms in total. The van der Waals surface area contributed by atoms with Crippen molar-refractivity contribution < 1.29 is 4.79 Å². The van der Waals surface area contributed by atoms with Crippen molar-refractivity contribution in [2.24, 2.45) is 0 Å². The molecule has 0 aliphatic carbocycles. The molecule has 0 spiro atoms. The van der Waals surface area contributed by atoms with Gasteiger partial charge in [0.2, 0.25) is 0 Å². The van der Waals surface area contributed by atoms with Crippen molar-refractivity contribution in [2.75, 3.05) is 6.54 Å². The number of nitriles is 1. The molecule has 1 aliphatic heterocycles. The van der Waals surface area contributed by atoms with E-state index < -0.39 is 0 Å². The van der Waals surface area contributed by atoms with Gasteiger partial charge in [-0.3, -0.25) is 4.90 Å². The highest BCUT2D eigenvalue weighted by Crippen LogP contribution is 2.16. The van der Waals surface area contributed by atoms with Crippen LogP contribution in [0.25, 0.3) is 0 Å². The summed E-state index contributed by atoms with van der Waals surface area (Å²) in [6.07, 6.45) is 1.94. The third kappa shape index (κ3) is 1.88. The van der Waals surface area contributed by atoms with Gasteiger partial charge in [-0.25, -0.2) is 4.79 Å². The second-order valence-electron chi connectivity index (χ2n) is 2.78. The molecule has 0 aromatic carbocycles. The number of nitrogens with zero attached hydrogens (tertiary/aromatic N) is 2. The Labute approximate surface area is 77.1 Å². The summed E-state index contributed by atoms with van der Waals surface area (Å²) in [7, 11) is 0. The lowest BCUT2D eigenvalue weighted by molar-refractivity contribution is 0.214. The Morgan fingerprint density at radius 2 is 2.46 bits per heavy atom. The van der Waals surface area contributed by atoms with Gasteiger partial charge in [0.25, 0.3) is 0 Å². The summed E-state index contributed by atoms with van der Waals surface area (Å²) in [5.74, 6) is 0. The van der Waals surface area contributed by atoms with Crippen molar-refractivity contribution in [3.8, 4) is 6.07 Å². The van der Waals surface area contributed by atoms with E-state index in [4.69, 9.17) is 5.26 Å². The molecule has 1 heterocycles. The van der Waals surface area contributed by atoms with E-state index in [-0.39, 0.29) is 6.03 Å². The second kappa shape index (κ2) is 3.76. The van der Waals surface area contributed by atoms with E-state index in [9.17, 15) is 4.79 Å². The summed E-state index contributed by atoms with van der Waals surface area (Å²) < 4.78 is 0. The summed E-state index contributed by atoms with van der Waals surface area (Å²) in [5.41, 5.74) is 1.58. The second-order valence-corrected chi connectivity index (χ2v) is 2.78. The van der Waals surface area contributed by atoms with Crippen molar-refractivity contribution in [1.82, 2.24) is 10.2 Å². The average Bonchev–Trinajstić information content (AvgIpc) is 2.12. The van der Waals surface area contributed by atoms with Gasteiger partial charge in [-0.05, 0) is 12.5 Å². The number of rotatable bonds is 2. The van der Waals surface area contributed by atoms with Crippen LogP contribution in [0.2, 0.25) is 0 Å². The maximum Gasteiger partial charge on any atom is 0.325 e. The highest BCUT2D eigenvalue weighted by atomic mass is 16.2. The summed E-state index contributed by atoms with van der Waals surface area (Å²) >= 11 is 0. The first-order valence-corrected chi connectivity index (χ1v) is 3.98. The molecule has 1 aliphatic rings. The summed E-state index contributed by atoms with van der Waals surface area (Å²) in [4.78, 5) is 12.7. The highest BCUT2D eigenvalue weighted by molar-refractivity contribution is 5.80. The van der Waals surface area contributed by atoms with Crippen molar-refractivity contribution >= 4 is 6.03 Å². The van der Waals surface area contributed by atoms with Gasteiger partial charge in [0.1, 0.15) is 0 Å². The molecule has 0 bridgehead atoms. The van der Waals surface area contributed by atoms with Crippen LogP contribution in [0.3, 0.4) is 0 Å². The Kier molecular flexibility index (Phi) is 2.70. The molecular weight excluding hydrogens is 166 g/mol. The van der Waals surface area contributed by atoms with E-state index in [0.29, 0.717) is 18.7 Å². The van der Waals surface area contributed by atoms with Crippen molar-refractivity contribution in [1.29, 1.82) is 5.26 Å². The molecule has 0 aromatic rings. The average molecular weight is 177 g/mol. The van der Waals surface area contributed by atoms with Gasteiger partial charge >= 0.3 is 6.03 Å². The maximum absolute atomic E-state index is 11.3. The van der Waals surface area contributed by atoms with E-state index in [1.165, 1.54) is 4.90 Å². The van der Waals surface area contributed by atoms with Crippen LogP contribution in [0.15, 0.2) is 24.0 Å². The summed E-state index contributed by atoms with van der Waals surface area (Å²) in [6, 6.07) is 1.77. The van der Waals surface area contributed by atoms with Gasteiger partial charge in [-0.2, -0.15) is 5.26 Å². The van der Waals surface area contributed by atoms with Gasteiger partial charge in [0.15, 0.2) is 0 Å². The number of hydrogen-bond donors (Lipinski definition) is 1. The molecule has 1 rings (SSSR count). The van der Waals surface area contributed by atoms with Crippen LogP contribution >= 0.6 is 0 Å². The van der Waals surface area contributed by atoms with Gasteiger partial charge < -0.3 is 5.32 Å². The van der Waals surface area contributed by atoms with Crippen molar-refractivity contribution in [3.05, 3.63) is 24.0 Å². The van der Waals surface area contributed by atoms with Crippen LogP contribution in [0.1, 0.15) is 13.3 Å². The predicted molar refractivity (Wildman–Crippen MR) is 48.4 cm³/mol. The van der Waals surface area contributed by atoms with Gasteiger partial charge in [0, 0.05) is 18.4 Å². The molecule has 1 N–H and O–H groups in total. The molecule has 68 valence electrons. The standard InChI is InChI=1S/C9H11N3O/c1-7-6-11-9(13)12(8(7)2)5-3-4-10/h6H,2-3,5H2,1H3,(H,11,13). The zero-order valence-electron chi connectivity index (χ0n) is 7.50. The monoisotopic (exact) mass is 177 g/mol. The van der Waals surface area contributed by atoms with Gasteiger partial charge in [-0.1, -0.05) is 6.58 Å². The van der Waals surface area contributed by atoms with Gasteiger partial charge in [-0.15, -0.1) is 0 Å². The smallest absolute Gasteiger partial charge is 0.314 e. The fourth-order valence-electron chi connectivity index (χ4n) is 1.06. The van der Waals surface area contributed by atoms with E-state index >= 15 is 0 Å². The van der Waals surface area contributed by atoms with Crippen LogP contribution < -0.4 is 5.32 Å². The van der Waals surface area contributed by atoms with Crippen molar-refractivity contribution in [2.45, 2.75) is 13.3 Å². The lowest BCUT2D eigenvalue weighted by Crippen LogP contribution is -2.41. The molecule has 0 aromatic heterocycles. The predicted octanol–water partition coefficient (Wildman–Crippen LogP) is 1.34. The first kappa shape index (κ1) is 9.33. The fraction of sp³-hybridized carbons (Fsp3) is 0.333. The SMILES string of the molecule is C=C1C(C)=CNC(=O)N1CCC#N. The summed E-state index contributed by atoms with van der Waals surface area (Å²) in [6.45, 7) is 6.02. The number of carbonyl (C=O) groups excluding carboxylic acids is 1. The van der Waals surface area contributed by atoms with Crippen LogP contribution in [0.5, 0.6) is 0 Å². The number of amides is 2. The molecular formula is C9H11N3O. The number of urea groups is 1. The van der Waals surface area contributed by atoms with E-state index in [1.807, 2.05) is 13.0 Å². The Morgan fingerprint density at radius 1 is 1.77 bits per heavy atom. The van der Waals surface area contributed by atoms with E-state index in [2.05, 4.69) is 11.9 Å². The molecule has 4 heteroatoms. The van der Waals surface area contributed by atoms with Crippen molar-refractivity contribution in [3.63, 3.8) is 0 Å². The maximum atomic E-state index is 11.3. The Bertz CT molecular complexity index is 311. The van der Waals surface area contributed by atoms with Crippen LogP contribution in [-0.4, -0.2) is 17.5 Å². The number of carbonyl (C=O) groups is 1. The minimum Gasteiger partial charge on any atom is -0.314 e. The molecule has 0 radical (unpaired) electrons. The minimum atomic E-state index is -0.217. The topological polar surface area (TPSA) is 56.1 Å². The van der Waals surface area contributed by atoms with E-state index in [0.717, 1.165) is 5.57 Å². The number of hydrogen-bond acceptors (Lipinski definition) is 2. The third-order valence-electron chi connectivity index (χ3n) is 1.89. The molecule has 0 saturated carbocycles. The summed E-state index contributed by atoms with van der Waals surface area (Å²) in [5, 5.41) is 11.0. The Balaban J connectivity index is 2.73. The van der Waals surface area contributed by atoms with Gasteiger partial charge in [0.05, 0.1) is 12.5 Å². The third-order valence-corrected chi connectivity index (χ3v) is 1.89. The molecule has 2 amide bonds. The lowest BCUT2D eigenvalue weighted by Gasteiger charge is -2.27. The Morgan fingerprint density at radius 3 is 3.08 bits per heavy atom. The van der Waals surface area contributed by atoms with Crippen LogP contribution in [-0.2, 0) is 0 Å². The fourth-order valence-corrected chi connectivity index (χ4v) is 1.06. The lowest BCUT2D eigenvalue weighted by atomic mass is 10.2. The number of nitrogens with one attached hydrogen (secondary N) is 1. The van der Waals surface area contributed by atoms with Crippen LogP contribution in [0.4, 0.5) is 4.79 Å². The molecule has 0 fully saturated rings. The minimum absolute atomic E-state index is 0.217. The first-order chi connectivity index (χ1) is 6.16.